The summed E-state index contributed by atoms with van der Waals surface area (Å²) in [5.41, 5.74) is -0.178. The Balaban J connectivity index is 0.000000134. The van der Waals surface area contributed by atoms with Gasteiger partial charge in [0, 0.05) is 156 Å². The van der Waals surface area contributed by atoms with Crippen LogP contribution in [0.5, 0.6) is 0 Å². The lowest BCUT2D eigenvalue weighted by atomic mass is 9.81. The fraction of sp³-hybridized carbons (Fsp3) is 1.00. The summed E-state index contributed by atoms with van der Waals surface area (Å²) in [6.45, 7) is 50.2. The topological polar surface area (TPSA) is 139 Å². The van der Waals surface area contributed by atoms with Crippen LogP contribution in [-0.2, 0) is 52.2 Å². The minimum absolute atomic E-state index is 0.00405. The molecule has 0 saturated carbocycles. The summed E-state index contributed by atoms with van der Waals surface area (Å²) < 4.78 is 58.6. The lowest BCUT2D eigenvalue weighted by Crippen LogP contribution is -2.52. The maximum Gasteiger partial charge on any atom is 0.112 e. The van der Waals surface area contributed by atoms with Gasteiger partial charge in [0.05, 0.1) is 88.9 Å². The van der Waals surface area contributed by atoms with Gasteiger partial charge in [0.1, 0.15) is 62.8 Å². The van der Waals surface area contributed by atoms with Crippen LogP contribution in [0.4, 0.5) is 0 Å². The number of ether oxygens (including phenoxy) is 10. The van der Waals surface area contributed by atoms with Crippen molar-refractivity contribution >= 4 is 62.8 Å². The Morgan fingerprint density at radius 1 is 0.347 bits per heavy atom. The van der Waals surface area contributed by atoms with Crippen molar-refractivity contribution < 1.29 is 52.2 Å². The second-order valence-corrected chi connectivity index (χ2v) is 33.8. The molecule has 25 heteroatoms. The van der Waals surface area contributed by atoms with Crippen molar-refractivity contribution in [2.24, 2.45) is 47.3 Å². The normalized spacial score (nSPS) is 55.0. The number of rotatable bonds is 11. The quantitative estimate of drug-likeness (QED) is 0.199. The minimum atomic E-state index is -0.210. The number of hydroxylamine groups is 2. The van der Waals surface area contributed by atoms with Crippen molar-refractivity contribution in [3.8, 4) is 0 Å². The average molecular weight is 1390 g/mol. The molecule has 0 aromatic carbocycles. The first kappa shape index (κ1) is 84.9. The smallest absolute Gasteiger partial charge is 0.112 e. The van der Waals surface area contributed by atoms with Crippen LogP contribution >= 0.6 is 0 Å². The lowest BCUT2D eigenvalue weighted by Gasteiger charge is -2.40. The molecule has 16 heterocycles. The van der Waals surface area contributed by atoms with Gasteiger partial charge in [0.25, 0.3) is 0 Å². The molecule has 8 unspecified atom stereocenters. The standard InChI is InChI=1S/2C10H18BNO.2C10H17BO2.C9H16BNO2.3C9H16BNO/c2*1-5-10-6(2)8(9(11)13-10)12(4)7(10)3;2*1-4-7-10(5-2)6(3)8(12-7)9(11)13-10;1-4-9-5-11(12-3)7(6(9)2)8(10)13-9;1-4-9-5-11(3)7(6(9)2)8(10)12-9;2*1-4-9-5(2)7(8(10)12-9)11-6(9)3/h2*6-9H,5H2,1-4H3;2*6-9H,4-5H2,1-3H3;6-8H,4-5H2,1-3H3;6-8H,4-5H2,1-3H3;2*5-8,11H,4H2,1-3H3/t6-,7+,8?,9-,10-;6-,7-,8?,9-,10-;6-,7+,8?,9-,10-;6-,7-,8?,9-,10-;2*6-,7?,8-,9+;5-,6+,7?,8-,9-;5-,6-,7?,8-,9-/m11111111/s1. The van der Waals surface area contributed by atoms with E-state index < -0.39 is 0 Å². The second kappa shape index (κ2) is 31.9. The van der Waals surface area contributed by atoms with E-state index in [4.69, 9.17) is 115 Å². The van der Waals surface area contributed by atoms with E-state index in [0.29, 0.717) is 102 Å². The average Bonchev–Trinajstić information content (AvgIpc) is 1.56. The van der Waals surface area contributed by atoms with Crippen molar-refractivity contribution in [2.45, 2.75) is 394 Å². The molecule has 558 valence electrons. The van der Waals surface area contributed by atoms with E-state index in [0.717, 1.165) is 77.3 Å². The van der Waals surface area contributed by atoms with Crippen LogP contribution in [0.2, 0.25) is 0 Å². The van der Waals surface area contributed by atoms with E-state index in [1.807, 2.05) is 5.06 Å². The van der Waals surface area contributed by atoms with Crippen LogP contribution < -0.4 is 10.6 Å². The van der Waals surface area contributed by atoms with Gasteiger partial charge < -0.3 is 62.8 Å². The number of morpholine rings is 6. The summed E-state index contributed by atoms with van der Waals surface area (Å²) in [5, 5.41) is 8.95. The summed E-state index contributed by atoms with van der Waals surface area (Å²) in [6, 6.07) is 3.04. The van der Waals surface area contributed by atoms with E-state index in [1.165, 1.54) is 0 Å². The predicted octanol–water partition coefficient (Wildman–Crippen LogP) is 7.41. The van der Waals surface area contributed by atoms with Crippen molar-refractivity contribution in [1.29, 1.82) is 0 Å². The van der Waals surface area contributed by atoms with Gasteiger partial charge in [0.2, 0.25) is 0 Å². The van der Waals surface area contributed by atoms with Crippen molar-refractivity contribution in [1.82, 2.24) is 30.4 Å². The zero-order chi connectivity index (χ0) is 75.3. The number of nitrogens with zero attached hydrogens (tertiary/aromatic N) is 4. The zero-order valence-electron chi connectivity index (χ0n) is 67.7. The molecule has 16 aliphatic rings. The van der Waals surface area contributed by atoms with Crippen LogP contribution in [0, 0.1) is 47.3 Å². The van der Waals surface area contributed by atoms with Gasteiger partial charge in [-0.2, -0.15) is 5.06 Å². The van der Waals surface area contributed by atoms with Crippen molar-refractivity contribution in [2.75, 3.05) is 41.3 Å². The maximum atomic E-state index is 5.96. The second-order valence-electron chi connectivity index (χ2n) is 33.8. The SMILES string of the molecule is [B][C@@H]1O[C@@]2(CC)CN(C)C1[C@H]2C.[B][C@@H]1O[C@@]2(CC)CN(OC)C1[C@H]2C.[B][C@@H]1O[C@@]2(CC)[C@H](C)NC1[C@H]2C.[B][C@@H]1O[C@@]2(CC)[C@H](CC)OC1[C@H]2C.[B][C@@H]1O[C@]2(CC)[C@H](C)C1N(C)[C@@H]2C.[B][C@@H]1O[C@]2(CC)[C@H](C)C1N(C)[C@H]2C.[B][C@@H]1O[C@]2(CC)[C@H](C)C1N[C@@H]2C.[B][C@@H]1O[C@]2(CC)[C@H](C)C1O[C@@H]2CC. The third kappa shape index (κ3) is 13.3. The fourth-order valence-corrected chi connectivity index (χ4v) is 24.0. The predicted molar refractivity (Wildman–Crippen MR) is 409 cm³/mol. The lowest BCUT2D eigenvalue weighted by molar-refractivity contribution is -0.203. The Morgan fingerprint density at radius 3 is 0.891 bits per heavy atom. The number of nitrogens with one attached hydrogen (secondary N) is 2. The third-order valence-electron chi connectivity index (χ3n) is 30.9. The molecular formula is C76H134B8N6O11. The first-order valence-electron chi connectivity index (χ1n) is 40.1. The molecule has 2 N–H and O–H groups in total. The summed E-state index contributed by atoms with van der Waals surface area (Å²) >= 11 is 0. The number of likely N-dealkylation sites (N-methyl/N-ethyl adjacent to an activating group) is 3. The van der Waals surface area contributed by atoms with Crippen LogP contribution in [-0.4, -0.2) is 302 Å². The van der Waals surface area contributed by atoms with E-state index >= 15 is 0 Å². The molecule has 16 bridgehead atoms. The molecule has 16 saturated heterocycles. The van der Waals surface area contributed by atoms with Gasteiger partial charge in [-0.15, -0.1) is 0 Å². The van der Waals surface area contributed by atoms with Gasteiger partial charge in [-0.1, -0.05) is 125 Å². The monoisotopic (exact) mass is 1400 g/mol. The van der Waals surface area contributed by atoms with Gasteiger partial charge in [-0.25, -0.2) is 0 Å². The molecule has 0 aliphatic carbocycles. The molecule has 16 radical (unpaired) electrons. The Labute approximate surface area is 625 Å². The van der Waals surface area contributed by atoms with Crippen LogP contribution in [0.1, 0.15) is 217 Å². The van der Waals surface area contributed by atoms with Gasteiger partial charge in [0.15, 0.2) is 0 Å². The molecule has 16 rings (SSSR count). The molecule has 17 nitrogen and oxygen atoms in total. The Kier molecular flexibility index (Phi) is 26.8. The summed E-state index contributed by atoms with van der Waals surface area (Å²) in [5.74, 6) is 4.16. The minimum Gasteiger partial charge on any atom is -0.378 e. The van der Waals surface area contributed by atoms with E-state index in [2.05, 4.69) is 199 Å². The molecule has 0 spiro atoms. The Morgan fingerprint density at radius 2 is 0.663 bits per heavy atom. The van der Waals surface area contributed by atoms with E-state index in [1.54, 1.807) is 7.11 Å². The molecule has 38 atom stereocenters. The number of hydrogen-bond donors (Lipinski definition) is 2. The number of fused-ring (bicyclic) bond motifs is 16. The van der Waals surface area contributed by atoms with Crippen LogP contribution in [0.15, 0.2) is 0 Å². The highest BCUT2D eigenvalue weighted by Gasteiger charge is 2.67. The van der Waals surface area contributed by atoms with Crippen molar-refractivity contribution in [3.05, 3.63) is 0 Å². The molecule has 0 amide bonds. The van der Waals surface area contributed by atoms with Crippen molar-refractivity contribution in [3.63, 3.8) is 0 Å². The molecule has 16 fully saturated rings. The third-order valence-corrected chi connectivity index (χ3v) is 30.9. The highest BCUT2D eigenvalue weighted by atomic mass is 16.7. The van der Waals surface area contributed by atoms with Crippen LogP contribution in [0.3, 0.4) is 0 Å². The molecule has 16 aliphatic heterocycles. The first-order valence-corrected chi connectivity index (χ1v) is 40.1. The molecule has 0 aromatic heterocycles. The van der Waals surface area contributed by atoms with Gasteiger partial charge >= 0.3 is 0 Å². The highest BCUT2D eigenvalue weighted by Crippen LogP contribution is 2.56. The number of hydrogen-bond acceptors (Lipinski definition) is 17. The Bertz CT molecular complexity index is 2550. The van der Waals surface area contributed by atoms with Gasteiger partial charge in [-0.05, 0) is 113 Å². The number of likely N-dealkylation sites (tertiary alicyclic amines) is 3. The largest absolute Gasteiger partial charge is 0.378 e. The highest BCUT2D eigenvalue weighted by molar-refractivity contribution is 6.14. The Hall–Kier alpha value is -0.161. The molecule has 101 heavy (non-hydrogen) atoms. The fourth-order valence-electron chi connectivity index (χ4n) is 24.0. The summed E-state index contributed by atoms with van der Waals surface area (Å²) in [7, 11) is 55.2. The maximum absolute atomic E-state index is 5.96. The summed E-state index contributed by atoms with van der Waals surface area (Å²) in [4.78, 5) is 12.4. The van der Waals surface area contributed by atoms with Gasteiger partial charge in [-0.3, -0.25) is 14.7 Å². The molecule has 0 aromatic rings. The summed E-state index contributed by atoms with van der Waals surface area (Å²) in [6.07, 6.45) is 11.0. The van der Waals surface area contributed by atoms with E-state index in [-0.39, 0.29) is 123 Å². The first-order chi connectivity index (χ1) is 47.4. The zero-order valence-corrected chi connectivity index (χ0v) is 67.7. The molecular weight excluding hydrogens is 1260 g/mol. The van der Waals surface area contributed by atoms with Crippen LogP contribution in [0.25, 0.3) is 0 Å². The van der Waals surface area contributed by atoms with E-state index in [9.17, 15) is 0 Å².